The fourth-order valence-electron chi connectivity index (χ4n) is 2.37. The molecule has 2 aromatic carbocycles. The lowest BCUT2D eigenvalue weighted by Crippen LogP contribution is -2.08. The van der Waals surface area contributed by atoms with Gasteiger partial charge in [0.15, 0.2) is 0 Å². The summed E-state index contributed by atoms with van der Waals surface area (Å²) in [4.78, 5) is 10.5. The molecule has 0 aliphatic rings. The number of nitro groups is 1. The van der Waals surface area contributed by atoms with Crippen molar-refractivity contribution in [2.75, 3.05) is 5.32 Å². The molecule has 0 aromatic heterocycles. The Hall–Kier alpha value is -2.36. The van der Waals surface area contributed by atoms with E-state index in [-0.39, 0.29) is 16.7 Å². The molecule has 0 aliphatic carbocycles. The molecule has 0 heterocycles. The molecule has 0 fully saturated rings. The zero-order valence-electron chi connectivity index (χ0n) is 12.4. The van der Waals surface area contributed by atoms with Gasteiger partial charge in [0.2, 0.25) is 0 Å². The van der Waals surface area contributed by atoms with E-state index in [1.165, 1.54) is 11.6 Å². The van der Waals surface area contributed by atoms with Crippen LogP contribution in [0, 0.1) is 10.1 Å². The molecule has 21 heavy (non-hydrogen) atoms. The highest BCUT2D eigenvalue weighted by Gasteiger charge is 2.12. The van der Waals surface area contributed by atoms with E-state index in [0.29, 0.717) is 0 Å². The van der Waals surface area contributed by atoms with E-state index in [0.717, 1.165) is 24.1 Å². The van der Waals surface area contributed by atoms with Crippen molar-refractivity contribution in [1.29, 1.82) is 0 Å². The van der Waals surface area contributed by atoms with Gasteiger partial charge in [-0.25, -0.2) is 0 Å². The molecular weight excluding hydrogens is 264 g/mol. The zero-order chi connectivity index (χ0) is 15.2. The molecule has 4 nitrogen and oxygen atoms in total. The first kappa shape index (κ1) is 15.0. The van der Waals surface area contributed by atoms with Gasteiger partial charge in [0.1, 0.15) is 0 Å². The van der Waals surface area contributed by atoms with E-state index < -0.39 is 0 Å². The summed E-state index contributed by atoms with van der Waals surface area (Å²) in [5.74, 6) is 0. The number of hydrogen-bond acceptors (Lipinski definition) is 3. The second kappa shape index (κ2) is 6.88. The Morgan fingerprint density at radius 1 is 1.19 bits per heavy atom. The largest absolute Gasteiger partial charge is 0.378 e. The fourth-order valence-corrected chi connectivity index (χ4v) is 2.37. The molecule has 0 spiro atoms. The lowest BCUT2D eigenvalue weighted by molar-refractivity contribution is -0.384. The summed E-state index contributed by atoms with van der Waals surface area (Å²) in [5.41, 5.74) is 3.41. The van der Waals surface area contributed by atoms with Gasteiger partial charge in [-0.05, 0) is 30.5 Å². The summed E-state index contributed by atoms with van der Waals surface area (Å²) in [6, 6.07) is 15.0. The van der Waals surface area contributed by atoms with Crippen LogP contribution in [0.15, 0.2) is 48.5 Å². The van der Waals surface area contributed by atoms with E-state index in [2.05, 4.69) is 24.4 Å². The number of anilines is 1. The third-order valence-corrected chi connectivity index (χ3v) is 3.49. The van der Waals surface area contributed by atoms with E-state index in [4.69, 9.17) is 0 Å². The number of nitro benzene ring substituents is 1. The van der Waals surface area contributed by atoms with Crippen LogP contribution in [0.5, 0.6) is 0 Å². The minimum Gasteiger partial charge on any atom is -0.378 e. The Morgan fingerprint density at radius 2 is 1.95 bits per heavy atom. The Kier molecular flexibility index (Phi) is 4.93. The fraction of sp³-hybridized carbons (Fsp3) is 0.294. The Morgan fingerprint density at radius 3 is 2.67 bits per heavy atom. The molecule has 0 saturated carbocycles. The van der Waals surface area contributed by atoms with Crippen molar-refractivity contribution in [3.8, 4) is 0 Å². The Balaban J connectivity index is 2.20. The summed E-state index contributed by atoms with van der Waals surface area (Å²) in [5, 5.41) is 14.3. The number of non-ortho nitro benzene ring substituents is 1. The molecule has 1 unspecified atom stereocenters. The lowest BCUT2D eigenvalue weighted by Gasteiger charge is -2.18. The zero-order valence-corrected chi connectivity index (χ0v) is 12.4. The van der Waals surface area contributed by atoms with Gasteiger partial charge < -0.3 is 5.32 Å². The number of hydrogen-bond donors (Lipinski definition) is 1. The number of para-hydroxylation sites is 1. The van der Waals surface area contributed by atoms with Crippen LogP contribution in [-0.4, -0.2) is 4.92 Å². The van der Waals surface area contributed by atoms with Gasteiger partial charge in [0.25, 0.3) is 5.69 Å². The molecule has 4 heteroatoms. The molecule has 1 atom stereocenters. The molecule has 0 saturated heterocycles. The second-order valence-electron chi connectivity index (χ2n) is 5.13. The smallest absolute Gasteiger partial charge is 0.269 e. The second-order valence-corrected chi connectivity index (χ2v) is 5.13. The van der Waals surface area contributed by atoms with Crippen LogP contribution in [0.4, 0.5) is 11.4 Å². The predicted molar refractivity (Wildman–Crippen MR) is 85.6 cm³/mol. The normalized spacial score (nSPS) is 11.9. The average Bonchev–Trinajstić information content (AvgIpc) is 2.49. The van der Waals surface area contributed by atoms with Crippen LogP contribution < -0.4 is 5.32 Å². The Bertz CT molecular complexity index is 626. The van der Waals surface area contributed by atoms with E-state index in [1.54, 1.807) is 12.1 Å². The van der Waals surface area contributed by atoms with Crippen molar-refractivity contribution < 1.29 is 4.92 Å². The number of rotatable bonds is 6. The SMILES string of the molecule is CCCc1ccccc1NC(C)c1cccc([N+](=O)[O-])c1. The summed E-state index contributed by atoms with van der Waals surface area (Å²) < 4.78 is 0. The average molecular weight is 284 g/mol. The summed E-state index contributed by atoms with van der Waals surface area (Å²) in [6.45, 7) is 4.17. The highest BCUT2D eigenvalue weighted by Crippen LogP contribution is 2.25. The first-order chi connectivity index (χ1) is 10.1. The standard InChI is InChI=1S/C17H20N2O2/c1-3-7-14-8-4-5-11-17(14)18-13(2)15-9-6-10-16(12-15)19(20)21/h4-6,8-13,18H,3,7H2,1-2H3. The summed E-state index contributed by atoms with van der Waals surface area (Å²) in [6.07, 6.45) is 2.11. The molecule has 0 aliphatic heterocycles. The van der Waals surface area contributed by atoms with Crippen molar-refractivity contribution in [3.05, 3.63) is 69.8 Å². The third kappa shape index (κ3) is 3.81. The highest BCUT2D eigenvalue weighted by atomic mass is 16.6. The van der Waals surface area contributed by atoms with E-state index in [9.17, 15) is 10.1 Å². The molecular formula is C17H20N2O2. The van der Waals surface area contributed by atoms with Gasteiger partial charge >= 0.3 is 0 Å². The molecule has 0 radical (unpaired) electrons. The maximum absolute atomic E-state index is 10.9. The molecule has 2 rings (SSSR count). The van der Waals surface area contributed by atoms with Crippen molar-refractivity contribution in [3.63, 3.8) is 0 Å². The quantitative estimate of drug-likeness (QED) is 0.616. The minimum atomic E-state index is -0.360. The van der Waals surface area contributed by atoms with Gasteiger partial charge in [-0.1, -0.05) is 43.7 Å². The van der Waals surface area contributed by atoms with Crippen LogP contribution >= 0.6 is 0 Å². The number of aryl methyl sites for hydroxylation is 1. The van der Waals surface area contributed by atoms with Crippen molar-refractivity contribution in [1.82, 2.24) is 0 Å². The third-order valence-electron chi connectivity index (χ3n) is 3.49. The van der Waals surface area contributed by atoms with Gasteiger partial charge in [-0.15, -0.1) is 0 Å². The van der Waals surface area contributed by atoms with Crippen LogP contribution in [0.25, 0.3) is 0 Å². The first-order valence-electron chi connectivity index (χ1n) is 7.20. The van der Waals surface area contributed by atoms with Crippen LogP contribution in [0.2, 0.25) is 0 Å². The lowest BCUT2D eigenvalue weighted by atomic mass is 10.0. The number of benzene rings is 2. The Labute approximate surface area is 125 Å². The van der Waals surface area contributed by atoms with Crippen LogP contribution in [-0.2, 0) is 6.42 Å². The van der Waals surface area contributed by atoms with Crippen LogP contribution in [0.3, 0.4) is 0 Å². The van der Waals surface area contributed by atoms with E-state index >= 15 is 0 Å². The van der Waals surface area contributed by atoms with Gasteiger partial charge in [0, 0.05) is 23.9 Å². The maximum Gasteiger partial charge on any atom is 0.269 e. The molecule has 0 amide bonds. The van der Waals surface area contributed by atoms with Crippen LogP contribution in [0.1, 0.15) is 37.4 Å². The van der Waals surface area contributed by atoms with Gasteiger partial charge in [-0.2, -0.15) is 0 Å². The maximum atomic E-state index is 10.9. The molecule has 110 valence electrons. The molecule has 2 aromatic rings. The monoisotopic (exact) mass is 284 g/mol. The molecule has 1 N–H and O–H groups in total. The predicted octanol–water partition coefficient (Wildman–Crippen LogP) is 4.72. The number of nitrogens with one attached hydrogen (secondary N) is 1. The topological polar surface area (TPSA) is 55.2 Å². The van der Waals surface area contributed by atoms with Gasteiger partial charge in [0.05, 0.1) is 4.92 Å². The van der Waals surface area contributed by atoms with Crippen molar-refractivity contribution in [2.24, 2.45) is 0 Å². The summed E-state index contributed by atoms with van der Waals surface area (Å²) in [7, 11) is 0. The number of nitrogens with zero attached hydrogens (tertiary/aromatic N) is 1. The molecule has 0 bridgehead atoms. The minimum absolute atomic E-state index is 0.0166. The first-order valence-corrected chi connectivity index (χ1v) is 7.20. The van der Waals surface area contributed by atoms with E-state index in [1.807, 2.05) is 25.1 Å². The van der Waals surface area contributed by atoms with Gasteiger partial charge in [-0.3, -0.25) is 10.1 Å². The van der Waals surface area contributed by atoms with Crippen molar-refractivity contribution in [2.45, 2.75) is 32.7 Å². The summed E-state index contributed by atoms with van der Waals surface area (Å²) >= 11 is 0. The highest BCUT2D eigenvalue weighted by molar-refractivity contribution is 5.53. The van der Waals surface area contributed by atoms with Crippen molar-refractivity contribution >= 4 is 11.4 Å².